The molecule has 156 valence electrons. The van der Waals surface area contributed by atoms with E-state index >= 15 is 0 Å². The first-order valence-electron chi connectivity index (χ1n) is 10.1. The number of benzene rings is 1. The first kappa shape index (κ1) is 20.9. The second-order valence-electron chi connectivity index (χ2n) is 7.39. The molecule has 0 unspecified atom stereocenters. The number of aromatic nitrogens is 3. The number of carbonyl (C=O) groups is 1. The minimum absolute atomic E-state index is 0.0556. The Labute approximate surface area is 183 Å². The minimum Gasteiger partial charge on any atom is -0.353 e. The first-order valence-corrected chi connectivity index (χ1v) is 11.9. The third kappa shape index (κ3) is 5.23. The molecule has 4 rings (SSSR count). The van der Waals surface area contributed by atoms with Crippen LogP contribution in [-0.2, 0) is 4.79 Å². The number of nitrogens with zero attached hydrogens (tertiary/aromatic N) is 3. The molecule has 0 spiro atoms. The molecule has 0 saturated heterocycles. The van der Waals surface area contributed by atoms with Crippen LogP contribution in [0.2, 0.25) is 0 Å². The highest BCUT2D eigenvalue weighted by molar-refractivity contribution is 7.99. The lowest BCUT2D eigenvalue weighted by Crippen LogP contribution is -2.37. The summed E-state index contributed by atoms with van der Waals surface area (Å²) in [6.07, 6.45) is 5.83. The lowest BCUT2D eigenvalue weighted by atomic mass is 9.95. The molecule has 2 aromatic heterocycles. The number of hydrogen-bond acceptors (Lipinski definition) is 6. The molecule has 1 fully saturated rings. The molecule has 0 radical (unpaired) electrons. The van der Waals surface area contributed by atoms with Crippen LogP contribution in [0.1, 0.15) is 37.8 Å². The SMILES string of the molecule is Cc1nc(-c2ccc(F)cc2)sc1-c1ccc(SCC(=O)NC2CCCCC2)nn1. The molecule has 3 aromatic rings. The van der Waals surface area contributed by atoms with Gasteiger partial charge in [0.25, 0.3) is 0 Å². The highest BCUT2D eigenvalue weighted by atomic mass is 32.2. The van der Waals surface area contributed by atoms with Gasteiger partial charge in [0.1, 0.15) is 21.5 Å². The van der Waals surface area contributed by atoms with Crippen molar-refractivity contribution in [2.75, 3.05) is 5.75 Å². The molecule has 1 aromatic carbocycles. The normalized spacial score (nSPS) is 14.6. The van der Waals surface area contributed by atoms with Gasteiger partial charge < -0.3 is 5.32 Å². The quantitative estimate of drug-likeness (QED) is 0.528. The van der Waals surface area contributed by atoms with E-state index in [2.05, 4.69) is 20.5 Å². The zero-order valence-corrected chi connectivity index (χ0v) is 18.4. The molecule has 5 nitrogen and oxygen atoms in total. The predicted molar refractivity (Wildman–Crippen MR) is 119 cm³/mol. The van der Waals surface area contributed by atoms with E-state index in [4.69, 9.17) is 0 Å². The molecular formula is C22H23FN4OS2. The van der Waals surface area contributed by atoms with Crippen LogP contribution in [0.3, 0.4) is 0 Å². The van der Waals surface area contributed by atoms with E-state index in [1.54, 1.807) is 12.1 Å². The molecule has 0 atom stereocenters. The number of hydrogen-bond donors (Lipinski definition) is 1. The van der Waals surface area contributed by atoms with Crippen molar-refractivity contribution in [2.24, 2.45) is 0 Å². The highest BCUT2D eigenvalue weighted by Crippen LogP contribution is 2.34. The van der Waals surface area contributed by atoms with Crippen LogP contribution in [0.5, 0.6) is 0 Å². The fraction of sp³-hybridized carbons (Fsp3) is 0.364. The van der Waals surface area contributed by atoms with Crippen molar-refractivity contribution < 1.29 is 9.18 Å². The van der Waals surface area contributed by atoms with Gasteiger partial charge in [-0.1, -0.05) is 31.0 Å². The van der Waals surface area contributed by atoms with Gasteiger partial charge in [0.2, 0.25) is 5.91 Å². The third-order valence-electron chi connectivity index (χ3n) is 5.08. The summed E-state index contributed by atoms with van der Waals surface area (Å²) in [6, 6.07) is 10.4. The van der Waals surface area contributed by atoms with Gasteiger partial charge in [-0.2, -0.15) is 0 Å². The summed E-state index contributed by atoms with van der Waals surface area (Å²) in [6.45, 7) is 1.93. The molecular weight excluding hydrogens is 419 g/mol. The standard InChI is InChI=1S/C22H23FN4OS2/c1-14-21(30-22(24-14)15-7-9-16(23)10-8-15)18-11-12-20(27-26-18)29-13-19(28)25-17-5-3-2-4-6-17/h7-12,17H,2-6,13H2,1H3,(H,25,28). The largest absolute Gasteiger partial charge is 0.353 e. The summed E-state index contributed by atoms with van der Waals surface area (Å²) < 4.78 is 13.2. The number of nitrogens with one attached hydrogen (secondary N) is 1. The average Bonchev–Trinajstić information content (AvgIpc) is 3.15. The van der Waals surface area contributed by atoms with E-state index in [1.165, 1.54) is 54.5 Å². The Morgan fingerprint density at radius 1 is 1.13 bits per heavy atom. The van der Waals surface area contributed by atoms with Gasteiger partial charge >= 0.3 is 0 Å². The Morgan fingerprint density at radius 3 is 2.60 bits per heavy atom. The van der Waals surface area contributed by atoms with E-state index < -0.39 is 0 Å². The summed E-state index contributed by atoms with van der Waals surface area (Å²) in [4.78, 5) is 17.7. The van der Waals surface area contributed by atoms with Crippen LogP contribution in [0.15, 0.2) is 41.4 Å². The molecule has 0 bridgehead atoms. The van der Waals surface area contributed by atoms with Gasteiger partial charge in [-0.3, -0.25) is 4.79 Å². The zero-order valence-electron chi connectivity index (χ0n) is 16.7. The molecule has 0 aliphatic heterocycles. The van der Waals surface area contributed by atoms with Gasteiger partial charge in [0.15, 0.2) is 0 Å². The summed E-state index contributed by atoms with van der Waals surface area (Å²) in [5.41, 5.74) is 2.48. The lowest BCUT2D eigenvalue weighted by molar-refractivity contribution is -0.119. The monoisotopic (exact) mass is 442 g/mol. The molecule has 1 amide bonds. The number of thioether (sulfide) groups is 1. The number of carbonyl (C=O) groups excluding carboxylic acids is 1. The predicted octanol–water partition coefficient (Wildman–Crippen LogP) is 5.26. The fourth-order valence-corrected chi connectivity index (χ4v) is 5.19. The lowest BCUT2D eigenvalue weighted by Gasteiger charge is -2.22. The van der Waals surface area contributed by atoms with Gasteiger partial charge in [-0.25, -0.2) is 9.37 Å². The Bertz CT molecular complexity index is 999. The van der Waals surface area contributed by atoms with Crippen LogP contribution >= 0.6 is 23.1 Å². The van der Waals surface area contributed by atoms with E-state index in [9.17, 15) is 9.18 Å². The van der Waals surface area contributed by atoms with Crippen molar-refractivity contribution in [1.82, 2.24) is 20.5 Å². The molecule has 1 N–H and O–H groups in total. The van der Waals surface area contributed by atoms with Crippen molar-refractivity contribution >= 4 is 29.0 Å². The van der Waals surface area contributed by atoms with E-state index in [1.807, 2.05) is 19.1 Å². The fourth-order valence-electron chi connectivity index (χ4n) is 3.52. The van der Waals surface area contributed by atoms with Crippen LogP contribution in [0.25, 0.3) is 21.1 Å². The molecule has 2 heterocycles. The summed E-state index contributed by atoms with van der Waals surface area (Å²) in [5, 5.41) is 13.3. The van der Waals surface area contributed by atoms with Crippen LogP contribution in [-0.4, -0.2) is 32.9 Å². The number of aryl methyl sites for hydroxylation is 1. The smallest absolute Gasteiger partial charge is 0.230 e. The Morgan fingerprint density at radius 2 is 1.90 bits per heavy atom. The number of thiazole rings is 1. The van der Waals surface area contributed by atoms with E-state index in [-0.39, 0.29) is 11.7 Å². The molecule has 1 saturated carbocycles. The van der Waals surface area contributed by atoms with E-state index in [0.717, 1.165) is 44.7 Å². The summed E-state index contributed by atoms with van der Waals surface area (Å²) in [5.74, 6) is 0.136. The van der Waals surface area contributed by atoms with Crippen LogP contribution in [0, 0.1) is 12.7 Å². The third-order valence-corrected chi connectivity index (χ3v) is 7.23. The van der Waals surface area contributed by atoms with Gasteiger partial charge in [0, 0.05) is 11.6 Å². The zero-order chi connectivity index (χ0) is 20.9. The maximum Gasteiger partial charge on any atom is 0.230 e. The number of halogens is 1. The Kier molecular flexibility index (Phi) is 6.74. The molecule has 8 heteroatoms. The van der Waals surface area contributed by atoms with Crippen molar-refractivity contribution in [3.63, 3.8) is 0 Å². The second kappa shape index (κ2) is 9.66. The maximum absolute atomic E-state index is 13.2. The van der Waals surface area contributed by atoms with E-state index in [0.29, 0.717) is 11.8 Å². The topological polar surface area (TPSA) is 67.8 Å². The minimum atomic E-state index is -0.265. The highest BCUT2D eigenvalue weighted by Gasteiger charge is 2.16. The van der Waals surface area contributed by atoms with Gasteiger partial charge in [-0.05, 0) is 56.2 Å². The summed E-state index contributed by atoms with van der Waals surface area (Å²) in [7, 11) is 0. The number of rotatable bonds is 6. The van der Waals surface area contributed by atoms with Crippen molar-refractivity contribution in [3.8, 4) is 21.1 Å². The van der Waals surface area contributed by atoms with Gasteiger partial charge in [0.05, 0.1) is 16.3 Å². The van der Waals surface area contributed by atoms with Crippen LogP contribution < -0.4 is 5.32 Å². The maximum atomic E-state index is 13.2. The van der Waals surface area contributed by atoms with Crippen LogP contribution in [0.4, 0.5) is 4.39 Å². The van der Waals surface area contributed by atoms with Crippen molar-refractivity contribution in [2.45, 2.75) is 50.1 Å². The van der Waals surface area contributed by atoms with Crippen molar-refractivity contribution in [3.05, 3.63) is 47.9 Å². The van der Waals surface area contributed by atoms with Crippen molar-refractivity contribution in [1.29, 1.82) is 0 Å². The number of amides is 1. The molecule has 1 aliphatic rings. The Hall–Kier alpha value is -2.32. The summed E-state index contributed by atoms with van der Waals surface area (Å²) >= 11 is 2.90. The molecule has 30 heavy (non-hydrogen) atoms. The first-order chi connectivity index (χ1) is 14.6. The van der Waals surface area contributed by atoms with Gasteiger partial charge in [-0.15, -0.1) is 21.5 Å². The molecule has 1 aliphatic carbocycles. The average molecular weight is 443 g/mol. The Balaban J connectivity index is 1.37. The second-order valence-corrected chi connectivity index (χ2v) is 9.38.